The third-order valence-electron chi connectivity index (χ3n) is 9.19. The van der Waals surface area contributed by atoms with Crippen LogP contribution in [0.2, 0.25) is 0 Å². The van der Waals surface area contributed by atoms with Crippen LogP contribution in [0.25, 0.3) is 11.1 Å². The van der Waals surface area contributed by atoms with Crippen LogP contribution in [0.15, 0.2) is 157 Å². The molecule has 0 saturated carbocycles. The Labute approximate surface area is 323 Å². The predicted molar refractivity (Wildman–Crippen MR) is 213 cm³/mol. The van der Waals surface area contributed by atoms with Gasteiger partial charge in [0.15, 0.2) is 6.29 Å². The third kappa shape index (κ3) is 10.00. The number of benzene rings is 6. The van der Waals surface area contributed by atoms with Crippen LogP contribution < -0.4 is 15.4 Å². The van der Waals surface area contributed by atoms with Crippen molar-refractivity contribution in [2.75, 3.05) is 11.1 Å². The molecule has 2 amide bonds. The first-order valence-electron chi connectivity index (χ1n) is 17.9. The summed E-state index contributed by atoms with van der Waals surface area (Å²) in [5.41, 5.74) is 6.54. The molecule has 0 spiro atoms. The molecule has 0 radical (unpaired) electrons. The van der Waals surface area contributed by atoms with Gasteiger partial charge in [0.1, 0.15) is 11.5 Å². The number of aliphatic hydroxyl groups excluding tert-OH is 1. The normalized spacial score (nSPS) is 16.6. The molecular weight excluding hydrogens is 713 g/mol. The first-order chi connectivity index (χ1) is 26.9. The average molecular weight is 753 g/mol. The van der Waals surface area contributed by atoms with Crippen molar-refractivity contribution in [2.45, 2.75) is 43.0 Å². The summed E-state index contributed by atoms with van der Waals surface area (Å²) >= 11 is 1.61. The highest BCUT2D eigenvalue weighted by Crippen LogP contribution is 2.40. The fraction of sp³-hybridized carbons (Fsp3) is 0.156. The summed E-state index contributed by atoms with van der Waals surface area (Å²) in [7, 11) is 0. The summed E-state index contributed by atoms with van der Waals surface area (Å²) in [5.74, 6) is 1.11. The zero-order valence-electron chi connectivity index (χ0n) is 29.8. The van der Waals surface area contributed by atoms with Crippen LogP contribution in [-0.2, 0) is 22.6 Å². The minimum atomic E-state index is -0.954. The SMILES string of the molecule is O=C(NCc1ccccc1-c1ccc([C@@H]2O[C@H](CSc3ccc(C(=O)O)cc3)C[C@H](c3ccc(CO)cc3)O2)cc1)Nc1ccc(Oc2ccccc2)cc1. The highest BCUT2D eigenvalue weighted by atomic mass is 32.2. The van der Waals surface area contributed by atoms with Gasteiger partial charge in [-0.3, -0.25) is 0 Å². The van der Waals surface area contributed by atoms with Crippen molar-refractivity contribution in [1.29, 1.82) is 0 Å². The lowest BCUT2D eigenvalue weighted by molar-refractivity contribution is -0.245. The number of carboxylic acids is 1. The molecular formula is C45H40N2O7S. The number of carbonyl (C=O) groups excluding carboxylic acids is 1. The Bertz CT molecular complexity index is 2180. The van der Waals surface area contributed by atoms with E-state index in [0.29, 0.717) is 30.2 Å². The number of ether oxygens (including phenoxy) is 3. The van der Waals surface area contributed by atoms with Gasteiger partial charge in [0.05, 0.1) is 24.4 Å². The maximum Gasteiger partial charge on any atom is 0.335 e. The zero-order chi connectivity index (χ0) is 38.0. The molecule has 1 saturated heterocycles. The highest BCUT2D eigenvalue weighted by molar-refractivity contribution is 7.99. The second-order valence-corrected chi connectivity index (χ2v) is 14.1. The predicted octanol–water partition coefficient (Wildman–Crippen LogP) is 10.00. The molecule has 0 unspecified atom stereocenters. The number of hydrogen-bond acceptors (Lipinski definition) is 7. The van der Waals surface area contributed by atoms with Gasteiger partial charge in [-0.2, -0.15) is 0 Å². The van der Waals surface area contributed by atoms with Gasteiger partial charge in [-0.05, 0) is 88.5 Å². The number of aromatic carboxylic acids is 1. The molecule has 1 aliphatic rings. The van der Waals surface area contributed by atoms with E-state index in [1.54, 1.807) is 36.0 Å². The largest absolute Gasteiger partial charge is 0.478 e. The van der Waals surface area contributed by atoms with E-state index in [9.17, 15) is 19.8 Å². The molecule has 1 aliphatic heterocycles. The molecule has 4 N–H and O–H groups in total. The van der Waals surface area contributed by atoms with Crippen LogP contribution in [0.3, 0.4) is 0 Å². The summed E-state index contributed by atoms with van der Waals surface area (Å²) in [5, 5.41) is 24.7. The number of hydrogen-bond donors (Lipinski definition) is 4. The number of urea groups is 1. The van der Waals surface area contributed by atoms with Crippen LogP contribution in [-0.4, -0.2) is 34.1 Å². The molecule has 6 aromatic rings. The van der Waals surface area contributed by atoms with Crippen LogP contribution in [0.1, 0.15) is 51.4 Å². The lowest BCUT2D eigenvalue weighted by atomic mass is 9.98. The van der Waals surface area contributed by atoms with Gasteiger partial charge >= 0.3 is 12.0 Å². The molecule has 0 bridgehead atoms. The van der Waals surface area contributed by atoms with Crippen LogP contribution in [0, 0.1) is 0 Å². The topological polar surface area (TPSA) is 126 Å². The minimum absolute atomic E-state index is 0.0311. The lowest BCUT2D eigenvalue weighted by Gasteiger charge is -2.36. The molecule has 0 aromatic heterocycles. The van der Waals surface area contributed by atoms with Gasteiger partial charge in [0, 0.05) is 34.9 Å². The standard InChI is InChI=1S/C45H40N2O7S/c48-28-30-10-12-32(13-11-30)42-26-39(29-55-40-24-18-33(19-25-40)43(49)50)53-44(54-42)34-16-14-31(15-17-34)41-9-5-4-6-35(41)27-46-45(51)47-36-20-22-38(23-21-36)52-37-7-2-1-3-8-37/h1-25,39,42,44,48H,26-29H2,(H,49,50)(H2,46,47,51)/t39-,42+,44+/m0/s1. The number of para-hydroxylation sites is 1. The summed E-state index contributed by atoms with van der Waals surface area (Å²) in [4.78, 5) is 25.1. The molecule has 1 fully saturated rings. The van der Waals surface area contributed by atoms with E-state index in [1.165, 1.54) is 0 Å². The summed E-state index contributed by atoms with van der Waals surface area (Å²) in [6.07, 6.45) is -0.368. The molecule has 1 heterocycles. The first kappa shape index (κ1) is 37.4. The molecule has 278 valence electrons. The number of amides is 2. The van der Waals surface area contributed by atoms with Crippen molar-refractivity contribution in [3.8, 4) is 22.6 Å². The number of carboxylic acid groups (broad SMARTS) is 1. The Balaban J connectivity index is 1.00. The van der Waals surface area contributed by atoms with Crippen molar-refractivity contribution < 1.29 is 34.0 Å². The number of aliphatic hydroxyl groups is 1. The van der Waals surface area contributed by atoms with E-state index >= 15 is 0 Å². The lowest BCUT2D eigenvalue weighted by Crippen LogP contribution is -2.31. The van der Waals surface area contributed by atoms with Crippen molar-refractivity contribution in [1.82, 2.24) is 5.32 Å². The van der Waals surface area contributed by atoms with Gasteiger partial charge in [0.25, 0.3) is 0 Å². The van der Waals surface area contributed by atoms with Gasteiger partial charge in [-0.15, -0.1) is 11.8 Å². The Kier molecular flexibility index (Phi) is 12.2. The summed E-state index contributed by atoms with van der Waals surface area (Å²) in [6, 6.07) is 47.1. The monoisotopic (exact) mass is 752 g/mol. The quantitative estimate of drug-likeness (QED) is 0.0860. The summed E-state index contributed by atoms with van der Waals surface area (Å²) < 4.78 is 18.9. The van der Waals surface area contributed by atoms with E-state index in [0.717, 1.165) is 44.0 Å². The first-order valence-corrected chi connectivity index (χ1v) is 18.9. The second kappa shape index (κ2) is 17.9. The second-order valence-electron chi connectivity index (χ2n) is 13.0. The highest BCUT2D eigenvalue weighted by Gasteiger charge is 2.32. The van der Waals surface area contributed by atoms with Gasteiger partial charge in [0.2, 0.25) is 0 Å². The Morgan fingerprint density at radius 3 is 2.11 bits per heavy atom. The number of rotatable bonds is 13. The smallest absolute Gasteiger partial charge is 0.335 e. The fourth-order valence-corrected chi connectivity index (χ4v) is 7.18. The van der Waals surface area contributed by atoms with E-state index in [-0.39, 0.29) is 30.4 Å². The minimum Gasteiger partial charge on any atom is -0.478 e. The number of anilines is 1. The fourth-order valence-electron chi connectivity index (χ4n) is 6.26. The van der Waals surface area contributed by atoms with Crippen molar-refractivity contribution >= 4 is 29.4 Å². The van der Waals surface area contributed by atoms with Crippen LogP contribution >= 0.6 is 11.8 Å². The Hall–Kier alpha value is -5.91. The van der Waals surface area contributed by atoms with Gasteiger partial charge in [-0.1, -0.05) is 91.0 Å². The van der Waals surface area contributed by atoms with Crippen LogP contribution in [0.5, 0.6) is 11.5 Å². The number of carbonyl (C=O) groups is 2. The van der Waals surface area contributed by atoms with Crippen molar-refractivity contribution in [3.63, 3.8) is 0 Å². The van der Waals surface area contributed by atoms with E-state index < -0.39 is 12.3 Å². The summed E-state index contributed by atoms with van der Waals surface area (Å²) in [6.45, 7) is 0.291. The molecule has 6 aromatic carbocycles. The Morgan fingerprint density at radius 2 is 1.40 bits per heavy atom. The maximum absolute atomic E-state index is 12.9. The van der Waals surface area contributed by atoms with Crippen LogP contribution in [0.4, 0.5) is 10.5 Å². The molecule has 9 nitrogen and oxygen atoms in total. The third-order valence-corrected chi connectivity index (χ3v) is 10.3. The zero-order valence-corrected chi connectivity index (χ0v) is 30.7. The van der Waals surface area contributed by atoms with Crippen molar-refractivity contribution in [3.05, 3.63) is 179 Å². The Morgan fingerprint density at radius 1 is 0.727 bits per heavy atom. The number of thioether (sulfide) groups is 1. The van der Waals surface area contributed by atoms with Gasteiger partial charge < -0.3 is 35.1 Å². The molecule has 10 heteroatoms. The van der Waals surface area contributed by atoms with Gasteiger partial charge in [-0.25, -0.2) is 9.59 Å². The maximum atomic E-state index is 12.9. The molecule has 0 aliphatic carbocycles. The van der Waals surface area contributed by atoms with Crippen molar-refractivity contribution in [2.24, 2.45) is 0 Å². The molecule has 7 rings (SSSR count). The molecule has 55 heavy (non-hydrogen) atoms. The average Bonchev–Trinajstić information content (AvgIpc) is 3.23. The van der Waals surface area contributed by atoms with E-state index in [4.69, 9.17) is 14.2 Å². The molecule has 3 atom stereocenters. The van der Waals surface area contributed by atoms with E-state index in [2.05, 4.69) is 10.6 Å². The number of nitrogens with one attached hydrogen (secondary N) is 2. The van der Waals surface area contributed by atoms with E-state index in [1.807, 2.05) is 127 Å².